The predicted octanol–water partition coefficient (Wildman–Crippen LogP) is 4.45. The van der Waals surface area contributed by atoms with Crippen molar-refractivity contribution in [3.05, 3.63) is 54.6 Å². The predicted molar refractivity (Wildman–Crippen MR) is 77.0 cm³/mol. The van der Waals surface area contributed by atoms with E-state index in [1.807, 2.05) is 54.6 Å². The second kappa shape index (κ2) is 6.74. The Labute approximate surface area is 114 Å². The molecule has 2 aromatic rings. The molecule has 0 radical (unpaired) electrons. The van der Waals surface area contributed by atoms with Crippen molar-refractivity contribution in [3.63, 3.8) is 0 Å². The molecule has 0 fully saturated rings. The average Bonchev–Trinajstić information content (AvgIpc) is 2.46. The lowest BCUT2D eigenvalue weighted by Gasteiger charge is -2.10. The van der Waals surface area contributed by atoms with Crippen LogP contribution in [0.4, 0.5) is 0 Å². The maximum absolute atomic E-state index is 11.7. The first-order valence-electron chi connectivity index (χ1n) is 6.66. The highest BCUT2D eigenvalue weighted by atomic mass is 16.5. The molecule has 0 N–H and O–H groups in total. The summed E-state index contributed by atoms with van der Waals surface area (Å²) in [6, 6.07) is 17.6. The number of ether oxygens (including phenoxy) is 1. The van der Waals surface area contributed by atoms with Crippen molar-refractivity contribution in [2.24, 2.45) is 0 Å². The summed E-state index contributed by atoms with van der Waals surface area (Å²) in [4.78, 5) is 11.7. The normalized spacial score (nSPS) is 10.2. The van der Waals surface area contributed by atoms with E-state index in [1.165, 1.54) is 0 Å². The highest BCUT2D eigenvalue weighted by Crippen LogP contribution is 2.29. The van der Waals surface area contributed by atoms with Crippen LogP contribution in [0.25, 0.3) is 11.1 Å². The molecule has 0 saturated carbocycles. The molecule has 0 aliphatic heterocycles. The van der Waals surface area contributed by atoms with E-state index < -0.39 is 0 Å². The van der Waals surface area contributed by atoms with Gasteiger partial charge in [-0.2, -0.15) is 0 Å². The minimum Gasteiger partial charge on any atom is -0.426 e. The zero-order valence-corrected chi connectivity index (χ0v) is 11.1. The number of carbonyl (C=O) groups excluding carboxylic acids is 1. The lowest BCUT2D eigenvalue weighted by molar-refractivity contribution is -0.134. The molecule has 2 aromatic carbocycles. The van der Waals surface area contributed by atoms with Crippen LogP contribution in [-0.4, -0.2) is 5.97 Å². The Morgan fingerprint density at radius 1 is 1.00 bits per heavy atom. The fraction of sp³-hybridized carbons (Fsp3) is 0.235. The Kier molecular flexibility index (Phi) is 4.73. The summed E-state index contributed by atoms with van der Waals surface area (Å²) in [6.45, 7) is 2.06. The van der Waals surface area contributed by atoms with Gasteiger partial charge in [0.05, 0.1) is 0 Å². The second-order valence-electron chi connectivity index (χ2n) is 4.44. The van der Waals surface area contributed by atoms with Crippen molar-refractivity contribution in [3.8, 4) is 16.9 Å². The van der Waals surface area contributed by atoms with Crippen LogP contribution in [0.1, 0.15) is 26.2 Å². The minimum absolute atomic E-state index is 0.162. The van der Waals surface area contributed by atoms with Crippen LogP contribution < -0.4 is 4.74 Å². The van der Waals surface area contributed by atoms with Crippen molar-refractivity contribution >= 4 is 5.97 Å². The van der Waals surface area contributed by atoms with Gasteiger partial charge in [-0.25, -0.2) is 0 Å². The first-order chi connectivity index (χ1) is 9.31. The van der Waals surface area contributed by atoms with Crippen LogP contribution in [0, 0.1) is 0 Å². The SMILES string of the molecule is CCCCC(=O)Oc1ccccc1-c1ccccc1. The molecule has 0 amide bonds. The van der Waals surface area contributed by atoms with Gasteiger partial charge in [0.25, 0.3) is 0 Å². The maximum atomic E-state index is 11.7. The molecule has 2 rings (SSSR count). The summed E-state index contributed by atoms with van der Waals surface area (Å²) in [5, 5.41) is 0. The fourth-order valence-electron chi connectivity index (χ4n) is 1.91. The van der Waals surface area contributed by atoms with Gasteiger partial charge in [-0.15, -0.1) is 0 Å². The molecule has 0 atom stereocenters. The van der Waals surface area contributed by atoms with Crippen molar-refractivity contribution < 1.29 is 9.53 Å². The van der Waals surface area contributed by atoms with Gasteiger partial charge in [-0.3, -0.25) is 4.79 Å². The number of rotatable bonds is 5. The number of hydrogen-bond acceptors (Lipinski definition) is 2. The van der Waals surface area contributed by atoms with Crippen LogP contribution in [0.2, 0.25) is 0 Å². The van der Waals surface area contributed by atoms with Gasteiger partial charge in [-0.1, -0.05) is 61.9 Å². The summed E-state index contributed by atoms with van der Waals surface area (Å²) in [5.74, 6) is 0.472. The Bertz CT molecular complexity index is 532. The second-order valence-corrected chi connectivity index (χ2v) is 4.44. The van der Waals surface area contributed by atoms with Crippen molar-refractivity contribution in [1.82, 2.24) is 0 Å². The molecule has 0 spiro atoms. The number of unbranched alkanes of at least 4 members (excludes halogenated alkanes) is 1. The third-order valence-electron chi connectivity index (χ3n) is 2.93. The molecule has 2 nitrogen and oxygen atoms in total. The van der Waals surface area contributed by atoms with E-state index in [1.54, 1.807) is 0 Å². The molecule has 0 saturated heterocycles. The molecule has 2 heteroatoms. The lowest BCUT2D eigenvalue weighted by Crippen LogP contribution is -2.08. The summed E-state index contributed by atoms with van der Waals surface area (Å²) < 4.78 is 5.46. The van der Waals surface area contributed by atoms with Crippen LogP contribution in [0.5, 0.6) is 5.75 Å². The Morgan fingerprint density at radius 2 is 1.68 bits per heavy atom. The fourth-order valence-corrected chi connectivity index (χ4v) is 1.91. The van der Waals surface area contributed by atoms with Gasteiger partial charge in [0, 0.05) is 12.0 Å². The summed E-state index contributed by atoms with van der Waals surface area (Å²) in [6.07, 6.45) is 2.33. The Morgan fingerprint density at radius 3 is 2.42 bits per heavy atom. The minimum atomic E-state index is -0.162. The van der Waals surface area contributed by atoms with Gasteiger partial charge >= 0.3 is 5.97 Å². The summed E-state index contributed by atoms with van der Waals surface area (Å²) >= 11 is 0. The van der Waals surface area contributed by atoms with E-state index >= 15 is 0 Å². The molecule has 19 heavy (non-hydrogen) atoms. The highest BCUT2D eigenvalue weighted by molar-refractivity contribution is 5.77. The maximum Gasteiger partial charge on any atom is 0.311 e. The van der Waals surface area contributed by atoms with Gasteiger partial charge < -0.3 is 4.74 Å². The first-order valence-corrected chi connectivity index (χ1v) is 6.66. The van der Waals surface area contributed by atoms with E-state index in [4.69, 9.17) is 4.74 Å². The molecule has 0 unspecified atom stereocenters. The van der Waals surface area contributed by atoms with Crippen LogP contribution in [-0.2, 0) is 4.79 Å². The summed E-state index contributed by atoms with van der Waals surface area (Å²) in [5.41, 5.74) is 2.01. The van der Waals surface area contributed by atoms with Crippen molar-refractivity contribution in [1.29, 1.82) is 0 Å². The zero-order valence-electron chi connectivity index (χ0n) is 11.1. The van der Waals surface area contributed by atoms with Crippen LogP contribution >= 0.6 is 0 Å². The van der Waals surface area contributed by atoms with Crippen LogP contribution in [0.15, 0.2) is 54.6 Å². The van der Waals surface area contributed by atoms with Gasteiger partial charge in [0.2, 0.25) is 0 Å². The van der Waals surface area contributed by atoms with Crippen molar-refractivity contribution in [2.45, 2.75) is 26.2 Å². The molecule has 0 aromatic heterocycles. The monoisotopic (exact) mass is 254 g/mol. The van der Waals surface area contributed by atoms with Crippen LogP contribution in [0.3, 0.4) is 0 Å². The highest BCUT2D eigenvalue weighted by Gasteiger charge is 2.09. The average molecular weight is 254 g/mol. The summed E-state index contributed by atoms with van der Waals surface area (Å²) in [7, 11) is 0. The van der Waals surface area contributed by atoms with E-state index in [2.05, 4.69) is 6.92 Å². The Hall–Kier alpha value is -2.09. The Balaban J connectivity index is 2.20. The smallest absolute Gasteiger partial charge is 0.311 e. The third kappa shape index (κ3) is 3.68. The van der Waals surface area contributed by atoms with Gasteiger partial charge in [-0.05, 0) is 18.1 Å². The quantitative estimate of drug-likeness (QED) is 0.582. The number of benzene rings is 2. The zero-order chi connectivity index (χ0) is 13.5. The van der Waals surface area contributed by atoms with E-state index in [0.29, 0.717) is 12.2 Å². The van der Waals surface area contributed by atoms with Gasteiger partial charge in [0.15, 0.2) is 0 Å². The van der Waals surface area contributed by atoms with E-state index in [-0.39, 0.29) is 5.97 Å². The van der Waals surface area contributed by atoms with E-state index in [9.17, 15) is 4.79 Å². The number of para-hydroxylation sites is 1. The molecule has 0 heterocycles. The first kappa shape index (κ1) is 13.3. The largest absolute Gasteiger partial charge is 0.426 e. The third-order valence-corrected chi connectivity index (χ3v) is 2.93. The van der Waals surface area contributed by atoms with Crippen molar-refractivity contribution in [2.75, 3.05) is 0 Å². The standard InChI is InChI=1S/C17H18O2/c1-2-3-13-17(18)19-16-12-8-7-11-15(16)14-9-5-4-6-10-14/h4-12H,2-3,13H2,1H3. The molecular weight excluding hydrogens is 236 g/mol. The molecule has 98 valence electrons. The molecule has 0 aliphatic rings. The number of esters is 1. The molecule has 0 aliphatic carbocycles. The van der Waals surface area contributed by atoms with E-state index in [0.717, 1.165) is 24.0 Å². The topological polar surface area (TPSA) is 26.3 Å². The molecular formula is C17H18O2. The number of hydrogen-bond donors (Lipinski definition) is 0. The van der Waals surface area contributed by atoms with Gasteiger partial charge in [0.1, 0.15) is 5.75 Å². The lowest BCUT2D eigenvalue weighted by atomic mass is 10.1. The number of carbonyl (C=O) groups is 1. The molecule has 0 bridgehead atoms.